The van der Waals surface area contributed by atoms with Gasteiger partial charge in [-0.05, 0) is 6.07 Å². The fraction of sp³-hybridized carbons (Fsp3) is 0.167. The van der Waals surface area contributed by atoms with Crippen LogP contribution in [-0.2, 0) is 6.54 Å². The summed E-state index contributed by atoms with van der Waals surface area (Å²) in [5.74, 6) is 0.645. The molecule has 0 aliphatic heterocycles. The standard InChI is InChI=1S/C6H6N2O/c7-2-5-1-6(3-8)9-4-5/h1,4H,3,8H2. The van der Waals surface area contributed by atoms with Gasteiger partial charge in [0.05, 0.1) is 12.1 Å². The molecular formula is C6H6N2O. The maximum atomic E-state index is 8.30. The fourth-order valence-corrected chi connectivity index (χ4v) is 0.546. The van der Waals surface area contributed by atoms with E-state index >= 15 is 0 Å². The molecule has 46 valence electrons. The first-order valence-corrected chi connectivity index (χ1v) is 2.54. The van der Waals surface area contributed by atoms with Crippen LogP contribution in [-0.4, -0.2) is 0 Å². The van der Waals surface area contributed by atoms with Crippen LogP contribution in [0.2, 0.25) is 0 Å². The molecule has 0 aliphatic carbocycles. The second-order valence-corrected chi connectivity index (χ2v) is 1.62. The molecule has 0 saturated heterocycles. The van der Waals surface area contributed by atoms with Crippen molar-refractivity contribution in [2.45, 2.75) is 6.54 Å². The molecule has 0 atom stereocenters. The van der Waals surface area contributed by atoms with Crippen LogP contribution >= 0.6 is 0 Å². The fourth-order valence-electron chi connectivity index (χ4n) is 0.546. The zero-order chi connectivity index (χ0) is 6.69. The molecule has 0 fully saturated rings. The van der Waals surface area contributed by atoms with Gasteiger partial charge in [-0.2, -0.15) is 5.26 Å². The Balaban J connectivity index is 2.90. The zero-order valence-electron chi connectivity index (χ0n) is 4.79. The van der Waals surface area contributed by atoms with Crippen molar-refractivity contribution >= 4 is 0 Å². The van der Waals surface area contributed by atoms with E-state index in [4.69, 9.17) is 15.4 Å². The lowest BCUT2D eigenvalue weighted by molar-refractivity contribution is 0.512. The van der Waals surface area contributed by atoms with Crippen molar-refractivity contribution in [3.05, 3.63) is 23.7 Å². The van der Waals surface area contributed by atoms with Gasteiger partial charge < -0.3 is 10.2 Å². The Morgan fingerprint density at radius 1 is 1.78 bits per heavy atom. The largest absolute Gasteiger partial charge is 0.467 e. The van der Waals surface area contributed by atoms with Crippen LogP contribution in [0.3, 0.4) is 0 Å². The van der Waals surface area contributed by atoms with Gasteiger partial charge in [0.1, 0.15) is 18.1 Å². The zero-order valence-corrected chi connectivity index (χ0v) is 4.79. The van der Waals surface area contributed by atoms with Crippen molar-refractivity contribution in [3.63, 3.8) is 0 Å². The first-order valence-electron chi connectivity index (χ1n) is 2.54. The molecule has 0 radical (unpaired) electrons. The van der Waals surface area contributed by atoms with Gasteiger partial charge in [-0.1, -0.05) is 0 Å². The average Bonchev–Trinajstić information content (AvgIpc) is 2.34. The molecule has 1 aromatic rings. The summed E-state index contributed by atoms with van der Waals surface area (Å²) in [5, 5.41) is 8.30. The Labute approximate surface area is 52.7 Å². The normalized spacial score (nSPS) is 8.89. The first kappa shape index (κ1) is 5.86. The van der Waals surface area contributed by atoms with Crippen molar-refractivity contribution in [2.75, 3.05) is 0 Å². The highest BCUT2D eigenvalue weighted by molar-refractivity contribution is 5.26. The summed E-state index contributed by atoms with van der Waals surface area (Å²) in [7, 11) is 0. The SMILES string of the molecule is N#Cc1coc(CN)c1. The van der Waals surface area contributed by atoms with Gasteiger partial charge in [-0.15, -0.1) is 0 Å². The number of nitrogens with zero attached hydrogens (tertiary/aromatic N) is 1. The third-order valence-electron chi connectivity index (χ3n) is 0.984. The van der Waals surface area contributed by atoms with Gasteiger partial charge in [0.2, 0.25) is 0 Å². The molecule has 3 nitrogen and oxygen atoms in total. The Morgan fingerprint density at radius 3 is 2.89 bits per heavy atom. The van der Waals surface area contributed by atoms with Crippen molar-refractivity contribution < 1.29 is 4.42 Å². The summed E-state index contributed by atoms with van der Waals surface area (Å²) in [6.07, 6.45) is 1.39. The number of nitriles is 1. The van der Waals surface area contributed by atoms with Crippen molar-refractivity contribution in [1.82, 2.24) is 0 Å². The summed E-state index contributed by atoms with van der Waals surface area (Å²) < 4.78 is 4.86. The predicted molar refractivity (Wildman–Crippen MR) is 31.3 cm³/mol. The molecular weight excluding hydrogens is 116 g/mol. The molecule has 0 aromatic carbocycles. The monoisotopic (exact) mass is 122 g/mol. The van der Waals surface area contributed by atoms with Gasteiger partial charge in [-0.3, -0.25) is 0 Å². The lowest BCUT2D eigenvalue weighted by Gasteiger charge is -1.80. The van der Waals surface area contributed by atoms with Crippen molar-refractivity contribution in [2.24, 2.45) is 5.73 Å². The van der Waals surface area contributed by atoms with Crippen molar-refractivity contribution in [1.29, 1.82) is 5.26 Å². The van der Waals surface area contributed by atoms with E-state index in [9.17, 15) is 0 Å². The third kappa shape index (κ3) is 1.09. The van der Waals surface area contributed by atoms with Crippen molar-refractivity contribution in [3.8, 4) is 6.07 Å². The number of hydrogen-bond acceptors (Lipinski definition) is 3. The topological polar surface area (TPSA) is 63.0 Å². The van der Waals surface area contributed by atoms with Crippen LogP contribution in [0.25, 0.3) is 0 Å². The highest BCUT2D eigenvalue weighted by Crippen LogP contribution is 2.04. The molecule has 9 heavy (non-hydrogen) atoms. The van der Waals surface area contributed by atoms with E-state index in [0.717, 1.165) is 0 Å². The molecule has 0 unspecified atom stereocenters. The highest BCUT2D eigenvalue weighted by atomic mass is 16.3. The van der Waals surface area contributed by atoms with E-state index in [0.29, 0.717) is 17.9 Å². The van der Waals surface area contributed by atoms with Crippen LogP contribution in [0, 0.1) is 11.3 Å². The lowest BCUT2D eigenvalue weighted by Crippen LogP contribution is -1.92. The van der Waals surface area contributed by atoms with Gasteiger partial charge in [-0.25, -0.2) is 0 Å². The number of nitrogens with two attached hydrogens (primary N) is 1. The molecule has 1 heterocycles. The predicted octanol–water partition coefficient (Wildman–Crippen LogP) is 0.610. The summed E-state index contributed by atoms with van der Waals surface area (Å²) in [5.41, 5.74) is 5.74. The van der Waals surface area contributed by atoms with Crippen LogP contribution in [0.5, 0.6) is 0 Å². The van der Waals surface area contributed by atoms with E-state index in [1.165, 1.54) is 6.26 Å². The van der Waals surface area contributed by atoms with E-state index in [1.54, 1.807) is 6.07 Å². The van der Waals surface area contributed by atoms with Gasteiger partial charge in [0.15, 0.2) is 0 Å². The highest BCUT2D eigenvalue weighted by Gasteiger charge is 1.95. The van der Waals surface area contributed by atoms with Crippen LogP contribution in [0.15, 0.2) is 16.7 Å². The Bertz CT molecular complexity index is 233. The lowest BCUT2D eigenvalue weighted by atomic mass is 10.3. The molecule has 0 aliphatic rings. The molecule has 0 bridgehead atoms. The number of rotatable bonds is 1. The second kappa shape index (κ2) is 2.33. The molecule has 3 heteroatoms. The Kier molecular flexibility index (Phi) is 1.52. The third-order valence-corrected chi connectivity index (χ3v) is 0.984. The minimum atomic E-state index is 0.349. The maximum absolute atomic E-state index is 8.30. The van der Waals surface area contributed by atoms with E-state index < -0.39 is 0 Å². The maximum Gasteiger partial charge on any atom is 0.118 e. The minimum Gasteiger partial charge on any atom is -0.467 e. The van der Waals surface area contributed by atoms with Gasteiger partial charge >= 0.3 is 0 Å². The van der Waals surface area contributed by atoms with Crippen LogP contribution in [0.1, 0.15) is 11.3 Å². The smallest absolute Gasteiger partial charge is 0.118 e. The summed E-state index contributed by atoms with van der Waals surface area (Å²) in [6, 6.07) is 3.56. The molecule has 0 amide bonds. The molecule has 0 spiro atoms. The summed E-state index contributed by atoms with van der Waals surface area (Å²) >= 11 is 0. The summed E-state index contributed by atoms with van der Waals surface area (Å²) in [6.45, 7) is 0.349. The van der Waals surface area contributed by atoms with Crippen LogP contribution < -0.4 is 5.73 Å². The average molecular weight is 122 g/mol. The molecule has 2 N–H and O–H groups in total. The van der Waals surface area contributed by atoms with Crippen LogP contribution in [0.4, 0.5) is 0 Å². The van der Waals surface area contributed by atoms with E-state index in [2.05, 4.69) is 0 Å². The molecule has 1 rings (SSSR count). The minimum absolute atomic E-state index is 0.349. The van der Waals surface area contributed by atoms with E-state index in [-0.39, 0.29) is 0 Å². The first-order chi connectivity index (χ1) is 4.36. The summed E-state index contributed by atoms with van der Waals surface area (Å²) in [4.78, 5) is 0. The Morgan fingerprint density at radius 2 is 2.56 bits per heavy atom. The van der Waals surface area contributed by atoms with Gasteiger partial charge in [0.25, 0.3) is 0 Å². The molecule has 1 aromatic heterocycles. The molecule has 0 saturated carbocycles. The Hall–Kier alpha value is -1.27. The number of hydrogen-bond donors (Lipinski definition) is 1. The number of furan rings is 1. The quantitative estimate of drug-likeness (QED) is 0.593. The van der Waals surface area contributed by atoms with E-state index in [1.807, 2.05) is 6.07 Å². The second-order valence-electron chi connectivity index (χ2n) is 1.62. The van der Waals surface area contributed by atoms with Gasteiger partial charge in [0, 0.05) is 0 Å².